The minimum Gasteiger partial charge on any atom is -0.390 e. The Kier molecular flexibility index (Phi) is 17.3. The molecule has 1 fully saturated rings. The molecule has 0 radical (unpaired) electrons. The zero-order chi connectivity index (χ0) is 34.3. The van der Waals surface area contributed by atoms with Gasteiger partial charge in [-0.2, -0.15) is 0 Å². The van der Waals surface area contributed by atoms with Crippen molar-refractivity contribution >= 4 is 21.8 Å². The summed E-state index contributed by atoms with van der Waals surface area (Å²) in [6.07, 6.45) is 9.64. The van der Waals surface area contributed by atoms with Crippen molar-refractivity contribution in [2.45, 2.75) is 103 Å². The third-order valence-electron chi connectivity index (χ3n) is 9.03. The number of sulfonamides is 1. The van der Waals surface area contributed by atoms with E-state index in [9.17, 15) is 28.2 Å². The van der Waals surface area contributed by atoms with Crippen molar-refractivity contribution in [1.82, 2.24) is 19.8 Å². The first kappa shape index (κ1) is 39.7. The van der Waals surface area contributed by atoms with Gasteiger partial charge in [0.2, 0.25) is 21.8 Å². The Bertz CT molecular complexity index is 1200. The van der Waals surface area contributed by atoms with E-state index in [1.54, 1.807) is 0 Å². The van der Waals surface area contributed by atoms with E-state index < -0.39 is 57.8 Å². The van der Waals surface area contributed by atoms with Crippen LogP contribution < -0.4 is 10.6 Å². The molecule has 0 spiro atoms. The summed E-state index contributed by atoms with van der Waals surface area (Å²) in [5.74, 6) is 0.328. The summed E-state index contributed by atoms with van der Waals surface area (Å²) in [6, 6.07) is 7.29. The quantitative estimate of drug-likeness (QED) is 0.158. The van der Waals surface area contributed by atoms with E-state index in [0.717, 1.165) is 44.2 Å². The molecule has 4 N–H and O–H groups in total. The lowest BCUT2D eigenvalue weighted by Gasteiger charge is -2.33. The van der Waals surface area contributed by atoms with E-state index in [2.05, 4.69) is 16.6 Å². The van der Waals surface area contributed by atoms with Crippen molar-refractivity contribution in [2.75, 3.05) is 39.5 Å². The lowest BCUT2D eigenvalue weighted by Crippen LogP contribution is -2.56. The minimum atomic E-state index is -3.82. The first-order valence-corrected chi connectivity index (χ1v) is 18.4. The number of hydrogen-bond acceptors (Lipinski definition) is 7. The lowest BCUT2D eigenvalue weighted by atomic mass is 9.82. The van der Waals surface area contributed by atoms with Crippen molar-refractivity contribution < 1.29 is 28.2 Å². The topological polar surface area (TPSA) is 139 Å². The fourth-order valence-corrected chi connectivity index (χ4v) is 7.36. The van der Waals surface area contributed by atoms with E-state index in [1.165, 1.54) is 11.4 Å². The maximum absolute atomic E-state index is 13.8. The van der Waals surface area contributed by atoms with E-state index in [0.29, 0.717) is 25.3 Å². The summed E-state index contributed by atoms with van der Waals surface area (Å²) in [5, 5.41) is 27.6. The monoisotopic (exact) mass is 662 g/mol. The summed E-state index contributed by atoms with van der Waals surface area (Å²) in [5.41, 5.74) is 0.791. The average Bonchev–Trinajstić information content (AvgIpc) is 3.02. The van der Waals surface area contributed by atoms with Gasteiger partial charge in [-0.25, -0.2) is 12.7 Å². The molecule has 1 aromatic rings. The molecule has 46 heavy (non-hydrogen) atoms. The Hall–Kier alpha value is -2.49. The number of amides is 2. The molecule has 0 aromatic heterocycles. The van der Waals surface area contributed by atoms with Gasteiger partial charge in [-0.1, -0.05) is 83.2 Å². The molecule has 2 amide bonds. The molecular weight excluding hydrogens is 604 g/mol. The van der Waals surface area contributed by atoms with Crippen LogP contribution in [-0.2, 0) is 26.0 Å². The van der Waals surface area contributed by atoms with Gasteiger partial charge < -0.3 is 25.7 Å². The minimum absolute atomic E-state index is 0.119. The number of aliphatic hydroxyl groups excluding tert-OH is 2. The molecule has 0 saturated heterocycles. The normalized spacial score (nSPS) is 17.7. The Balaban J connectivity index is 2.26. The number of carbonyl (C=O) groups is 2. The summed E-state index contributed by atoms with van der Waals surface area (Å²) < 4.78 is 28.1. The Morgan fingerprint density at radius 1 is 1.02 bits per heavy atom. The van der Waals surface area contributed by atoms with E-state index >= 15 is 0 Å². The Morgan fingerprint density at radius 2 is 1.67 bits per heavy atom. The molecule has 1 aliphatic rings. The van der Waals surface area contributed by atoms with Gasteiger partial charge in [0.25, 0.3) is 0 Å². The highest BCUT2D eigenvalue weighted by molar-refractivity contribution is 7.89. The van der Waals surface area contributed by atoms with Crippen molar-refractivity contribution in [2.24, 2.45) is 17.8 Å². The molecule has 1 aliphatic carbocycles. The van der Waals surface area contributed by atoms with Gasteiger partial charge in [0.15, 0.2) is 0 Å². The summed E-state index contributed by atoms with van der Waals surface area (Å²) >= 11 is 0. The van der Waals surface area contributed by atoms with Gasteiger partial charge in [-0.3, -0.25) is 9.59 Å². The summed E-state index contributed by atoms with van der Waals surface area (Å²) in [7, 11) is -0.399. The van der Waals surface area contributed by atoms with Crippen molar-refractivity contribution in [3.63, 3.8) is 0 Å². The largest absolute Gasteiger partial charge is 0.390 e. The zero-order valence-electron chi connectivity index (χ0n) is 28.5. The van der Waals surface area contributed by atoms with Crippen LogP contribution in [-0.4, -0.2) is 103 Å². The third-order valence-corrected chi connectivity index (χ3v) is 11.0. The predicted molar refractivity (Wildman–Crippen MR) is 183 cm³/mol. The molecule has 0 heterocycles. The van der Waals surface area contributed by atoms with Gasteiger partial charge in [0.05, 0.1) is 23.8 Å². The zero-order valence-corrected chi connectivity index (χ0v) is 29.3. The maximum atomic E-state index is 13.8. The van der Waals surface area contributed by atoms with E-state index in [4.69, 9.17) is 6.42 Å². The standard InChI is InChI=1S/C35H58N4O6S/c1-7-15-30(35(43)37-31(24-28-18-13-10-14-19-28)33(41)32(40)22-26(3)4)36-34(42)29(23-27-16-11-9-12-17-27)25-46(44,45)39(6)21-20-38(5)8-2/h1,9,11-12,16-17,26,28-33,40-41H,8,10,13-15,18-25H2,2-6H3,(H,36,42)(H,37,43)/t29?,30-,31?,32?,33+/m0/s1. The number of likely N-dealkylation sites (N-methyl/N-ethyl adjacent to an activating group) is 2. The molecule has 260 valence electrons. The number of rotatable bonds is 20. The highest BCUT2D eigenvalue weighted by atomic mass is 32.2. The highest BCUT2D eigenvalue weighted by Gasteiger charge is 2.35. The summed E-state index contributed by atoms with van der Waals surface area (Å²) in [6.45, 7) is 7.51. The number of nitrogens with one attached hydrogen (secondary N) is 2. The number of terminal acetylenes is 1. The van der Waals surface area contributed by atoms with Gasteiger partial charge in [0.1, 0.15) is 12.1 Å². The van der Waals surface area contributed by atoms with Gasteiger partial charge in [-0.15, -0.1) is 12.3 Å². The fraction of sp³-hybridized carbons (Fsp3) is 0.714. The first-order chi connectivity index (χ1) is 21.8. The molecule has 1 aromatic carbocycles. The number of carbonyl (C=O) groups excluding carboxylic acids is 2. The molecule has 3 unspecified atom stereocenters. The van der Waals surface area contributed by atoms with Crippen LogP contribution in [0, 0.1) is 30.1 Å². The first-order valence-electron chi connectivity index (χ1n) is 16.8. The van der Waals surface area contributed by atoms with Crippen LogP contribution in [0.25, 0.3) is 0 Å². The predicted octanol–water partition coefficient (Wildman–Crippen LogP) is 2.79. The van der Waals surface area contributed by atoms with Crippen LogP contribution in [0.4, 0.5) is 0 Å². The molecule has 0 aliphatic heterocycles. The van der Waals surface area contributed by atoms with Crippen LogP contribution in [0.2, 0.25) is 0 Å². The van der Waals surface area contributed by atoms with E-state index in [1.807, 2.05) is 63.1 Å². The number of hydrogen-bond donors (Lipinski definition) is 4. The third kappa shape index (κ3) is 13.7. The molecule has 1 saturated carbocycles. The van der Waals surface area contributed by atoms with E-state index in [-0.39, 0.29) is 25.3 Å². The second-order valence-corrected chi connectivity index (χ2v) is 15.5. The number of aliphatic hydroxyl groups is 2. The Morgan fingerprint density at radius 3 is 2.26 bits per heavy atom. The number of nitrogens with zero attached hydrogens (tertiary/aromatic N) is 2. The number of benzene rings is 1. The second kappa shape index (κ2) is 20.0. The molecule has 11 heteroatoms. The molecular formula is C35H58N4O6S. The van der Waals surface area contributed by atoms with Crippen LogP contribution >= 0.6 is 0 Å². The molecule has 5 atom stereocenters. The Labute approximate surface area is 277 Å². The molecule has 0 bridgehead atoms. The maximum Gasteiger partial charge on any atom is 0.243 e. The van der Waals surface area contributed by atoms with Crippen LogP contribution in [0.1, 0.15) is 77.7 Å². The van der Waals surface area contributed by atoms with Crippen molar-refractivity contribution in [3.05, 3.63) is 35.9 Å². The second-order valence-electron chi connectivity index (χ2n) is 13.4. The van der Waals surface area contributed by atoms with Gasteiger partial charge in [0, 0.05) is 26.6 Å². The van der Waals surface area contributed by atoms with Gasteiger partial charge >= 0.3 is 0 Å². The average molecular weight is 663 g/mol. The molecule has 10 nitrogen and oxygen atoms in total. The van der Waals surface area contributed by atoms with Crippen LogP contribution in [0.5, 0.6) is 0 Å². The lowest BCUT2D eigenvalue weighted by molar-refractivity contribution is -0.132. The van der Waals surface area contributed by atoms with Crippen LogP contribution in [0.15, 0.2) is 30.3 Å². The highest BCUT2D eigenvalue weighted by Crippen LogP contribution is 2.29. The molecule has 2 rings (SSSR count). The fourth-order valence-electron chi connectivity index (χ4n) is 5.97. The van der Waals surface area contributed by atoms with Gasteiger partial charge in [-0.05, 0) is 50.3 Å². The smallest absolute Gasteiger partial charge is 0.243 e. The summed E-state index contributed by atoms with van der Waals surface area (Å²) in [4.78, 5) is 29.5. The van der Waals surface area contributed by atoms with Crippen molar-refractivity contribution in [3.8, 4) is 12.3 Å². The SMILES string of the molecule is C#CC[C@H](NC(=O)C(Cc1ccccc1)CS(=O)(=O)N(C)CCN(C)CC)C(=O)NC(CC1CCCCC1)[C@@H](O)C(O)CC(C)C. The van der Waals surface area contributed by atoms with Crippen molar-refractivity contribution in [1.29, 1.82) is 0 Å². The van der Waals surface area contributed by atoms with Crippen LogP contribution in [0.3, 0.4) is 0 Å².